The van der Waals surface area contributed by atoms with E-state index in [1.807, 2.05) is 6.07 Å². The van der Waals surface area contributed by atoms with Crippen LogP contribution in [0.15, 0.2) is 24.3 Å². The molecule has 1 aromatic carbocycles. The predicted molar refractivity (Wildman–Crippen MR) is 139 cm³/mol. The molecule has 206 valence electrons. The summed E-state index contributed by atoms with van der Waals surface area (Å²) in [4.78, 5) is 65.0. The number of benzene rings is 1. The maximum Gasteiger partial charge on any atom is 0.318 e. The highest BCUT2D eigenvalue weighted by molar-refractivity contribution is 6.05. The van der Waals surface area contributed by atoms with Gasteiger partial charge >= 0.3 is 5.97 Å². The van der Waals surface area contributed by atoms with Crippen molar-refractivity contribution in [2.45, 2.75) is 82.6 Å². The molecule has 5 atom stereocenters. The second kappa shape index (κ2) is 12.4. The van der Waals surface area contributed by atoms with Crippen LogP contribution in [0, 0.1) is 5.92 Å². The van der Waals surface area contributed by atoms with Crippen LogP contribution in [0.25, 0.3) is 0 Å². The molecule has 3 aliphatic rings. The molecule has 0 bridgehead atoms. The molecule has 4 N–H and O–H groups in total. The van der Waals surface area contributed by atoms with Gasteiger partial charge in [-0.1, -0.05) is 25.0 Å². The van der Waals surface area contributed by atoms with Gasteiger partial charge in [0.2, 0.25) is 23.6 Å². The zero-order chi connectivity index (χ0) is 27.2. The minimum atomic E-state index is -0.806. The maximum absolute atomic E-state index is 13.5. The number of rotatable bonds is 8. The van der Waals surface area contributed by atoms with E-state index in [9.17, 15) is 24.0 Å². The number of likely N-dealkylation sites (N-methyl/N-ethyl adjacent to an activating group) is 1. The Morgan fingerprint density at radius 1 is 1.05 bits per heavy atom. The number of amides is 4. The van der Waals surface area contributed by atoms with Gasteiger partial charge < -0.3 is 30.9 Å². The van der Waals surface area contributed by atoms with Crippen LogP contribution < -0.4 is 21.3 Å². The van der Waals surface area contributed by atoms with Gasteiger partial charge in [-0.05, 0) is 57.4 Å². The lowest BCUT2D eigenvalue weighted by atomic mass is 9.98. The summed E-state index contributed by atoms with van der Waals surface area (Å²) in [6.45, 7) is 2.20. The van der Waals surface area contributed by atoms with Gasteiger partial charge in [0.15, 0.2) is 0 Å². The predicted octanol–water partition coefficient (Wildman–Crippen LogP) is 0.831. The van der Waals surface area contributed by atoms with Gasteiger partial charge in [-0.3, -0.25) is 24.0 Å². The molecule has 0 aromatic heterocycles. The zero-order valence-corrected chi connectivity index (χ0v) is 22.0. The van der Waals surface area contributed by atoms with E-state index in [2.05, 4.69) is 21.3 Å². The Morgan fingerprint density at radius 3 is 2.58 bits per heavy atom. The van der Waals surface area contributed by atoms with Crippen molar-refractivity contribution in [3.05, 3.63) is 29.8 Å². The van der Waals surface area contributed by atoms with Crippen LogP contribution in [0.5, 0.6) is 0 Å². The maximum atomic E-state index is 13.5. The Morgan fingerprint density at radius 2 is 1.84 bits per heavy atom. The number of nitrogens with zero attached hydrogens (tertiary/aromatic N) is 1. The normalized spacial score (nSPS) is 26.0. The second-order valence-corrected chi connectivity index (χ2v) is 10.3. The molecule has 4 rings (SSSR count). The van der Waals surface area contributed by atoms with E-state index in [-0.39, 0.29) is 36.9 Å². The Kier molecular flexibility index (Phi) is 8.98. The summed E-state index contributed by atoms with van der Waals surface area (Å²) in [7, 11) is 1.69. The number of cyclic esters (lactones) is 1. The molecule has 0 spiro atoms. The average molecular weight is 528 g/mol. The highest BCUT2D eigenvalue weighted by Crippen LogP contribution is 2.31. The zero-order valence-electron chi connectivity index (χ0n) is 22.0. The largest absolute Gasteiger partial charge is 0.465 e. The van der Waals surface area contributed by atoms with Crippen molar-refractivity contribution in [1.29, 1.82) is 0 Å². The number of carbonyl (C=O) groups excluding carboxylic acids is 5. The smallest absolute Gasteiger partial charge is 0.318 e. The third-order valence-electron chi connectivity index (χ3n) is 7.69. The van der Waals surface area contributed by atoms with E-state index in [1.54, 1.807) is 37.1 Å². The van der Waals surface area contributed by atoms with Crippen LogP contribution >= 0.6 is 0 Å². The van der Waals surface area contributed by atoms with E-state index in [0.717, 1.165) is 31.2 Å². The van der Waals surface area contributed by atoms with Crippen molar-refractivity contribution >= 4 is 35.3 Å². The van der Waals surface area contributed by atoms with Crippen LogP contribution in [0.1, 0.15) is 57.4 Å². The van der Waals surface area contributed by atoms with Crippen LogP contribution in [0.4, 0.5) is 5.69 Å². The first kappa shape index (κ1) is 27.6. The number of nitrogens with one attached hydrogen (secondary N) is 4. The van der Waals surface area contributed by atoms with Crippen LogP contribution in [0.2, 0.25) is 0 Å². The fourth-order valence-electron chi connectivity index (χ4n) is 5.38. The van der Waals surface area contributed by atoms with Crippen LogP contribution in [-0.2, 0) is 35.3 Å². The summed E-state index contributed by atoms with van der Waals surface area (Å²) < 4.78 is 4.86. The van der Waals surface area contributed by atoms with Crippen molar-refractivity contribution < 1.29 is 28.7 Å². The van der Waals surface area contributed by atoms with Crippen molar-refractivity contribution in [3.8, 4) is 0 Å². The summed E-state index contributed by atoms with van der Waals surface area (Å²) in [5.41, 5.74) is 1.29. The molecule has 1 aromatic rings. The molecule has 4 amide bonds. The van der Waals surface area contributed by atoms with Gasteiger partial charge in [0, 0.05) is 24.7 Å². The molecule has 0 saturated carbocycles. The number of hydrogen-bond donors (Lipinski definition) is 4. The lowest BCUT2D eigenvalue weighted by Gasteiger charge is -2.35. The summed E-state index contributed by atoms with van der Waals surface area (Å²) in [5.74, 6) is -2.40. The summed E-state index contributed by atoms with van der Waals surface area (Å²) >= 11 is 0. The van der Waals surface area contributed by atoms with Gasteiger partial charge in [-0.2, -0.15) is 0 Å². The quantitative estimate of drug-likeness (QED) is 0.289. The van der Waals surface area contributed by atoms with E-state index < -0.39 is 35.9 Å². The van der Waals surface area contributed by atoms with Crippen LogP contribution in [-0.4, -0.2) is 72.3 Å². The van der Waals surface area contributed by atoms with Crippen molar-refractivity contribution in [2.75, 3.05) is 19.0 Å². The topological polar surface area (TPSA) is 146 Å². The summed E-state index contributed by atoms with van der Waals surface area (Å²) in [5, 5.41) is 11.4. The number of ether oxygens (including phenoxy) is 1. The molecule has 11 nitrogen and oxygen atoms in total. The molecular formula is C27H37N5O6. The fraction of sp³-hybridized carbons (Fsp3) is 0.593. The molecule has 3 fully saturated rings. The Labute approximate surface area is 222 Å². The number of esters is 1. The number of anilines is 1. The monoisotopic (exact) mass is 527 g/mol. The minimum Gasteiger partial charge on any atom is -0.465 e. The van der Waals surface area contributed by atoms with Gasteiger partial charge in [0.1, 0.15) is 18.0 Å². The van der Waals surface area contributed by atoms with E-state index in [4.69, 9.17) is 4.74 Å². The lowest BCUT2D eigenvalue weighted by Crippen LogP contribution is -2.57. The highest BCUT2D eigenvalue weighted by Gasteiger charge is 2.44. The Balaban J connectivity index is 1.38. The molecule has 38 heavy (non-hydrogen) atoms. The van der Waals surface area contributed by atoms with Gasteiger partial charge in [-0.25, -0.2) is 0 Å². The van der Waals surface area contributed by atoms with E-state index in [1.165, 1.54) is 0 Å². The average Bonchev–Trinajstić information content (AvgIpc) is 3.53. The summed E-state index contributed by atoms with van der Waals surface area (Å²) in [6, 6.07) is 5.37. The SMILES string of the molecule is CN[C@@H](C)C(=O)N[C@H]1CCCCC2CC[C@@H](C(=O)NCc3cccc(NC(=O)C4CCOC4=O)c3)N2C1=O. The number of carbonyl (C=O) groups is 5. The second-order valence-electron chi connectivity index (χ2n) is 10.3. The first-order chi connectivity index (χ1) is 18.3. The van der Waals surface area contributed by atoms with E-state index >= 15 is 0 Å². The lowest BCUT2D eigenvalue weighted by molar-refractivity contribution is -0.144. The molecular weight excluding hydrogens is 490 g/mol. The van der Waals surface area contributed by atoms with Crippen molar-refractivity contribution in [3.63, 3.8) is 0 Å². The minimum absolute atomic E-state index is 0.0134. The Hall–Kier alpha value is -3.47. The highest BCUT2D eigenvalue weighted by atomic mass is 16.5. The first-order valence-corrected chi connectivity index (χ1v) is 13.4. The fourth-order valence-corrected chi connectivity index (χ4v) is 5.38. The third-order valence-corrected chi connectivity index (χ3v) is 7.69. The summed E-state index contributed by atoms with van der Waals surface area (Å²) in [6.07, 6.45) is 4.87. The van der Waals surface area contributed by atoms with Gasteiger partial charge in [0.25, 0.3) is 0 Å². The first-order valence-electron chi connectivity index (χ1n) is 13.4. The Bertz CT molecular complexity index is 1080. The number of fused-ring (bicyclic) bond motifs is 1. The molecule has 0 aliphatic carbocycles. The van der Waals surface area contributed by atoms with Crippen molar-refractivity contribution in [2.24, 2.45) is 5.92 Å². The van der Waals surface area contributed by atoms with Gasteiger partial charge in [-0.15, -0.1) is 0 Å². The molecule has 3 heterocycles. The van der Waals surface area contributed by atoms with E-state index in [0.29, 0.717) is 24.9 Å². The molecule has 0 radical (unpaired) electrons. The van der Waals surface area contributed by atoms with Crippen molar-refractivity contribution in [1.82, 2.24) is 20.9 Å². The molecule has 3 aliphatic heterocycles. The molecule has 2 unspecified atom stereocenters. The van der Waals surface area contributed by atoms with Crippen LogP contribution in [0.3, 0.4) is 0 Å². The molecule has 11 heteroatoms. The number of hydrogen-bond acceptors (Lipinski definition) is 7. The standard InChI is InChI=1S/C27H37N5O6/c1-16(28-2)23(33)31-21-9-4-3-8-19-10-11-22(32(19)26(21)36)25(35)29-15-17-6-5-7-18(14-17)30-24(34)20-12-13-38-27(20)37/h5-7,14,16,19-22,28H,3-4,8-13,15H2,1-2H3,(H,29,35)(H,30,34)(H,31,33)/t16-,19?,20?,21-,22-/m0/s1. The third kappa shape index (κ3) is 6.32. The molecule has 3 saturated heterocycles. The van der Waals surface area contributed by atoms with Gasteiger partial charge in [0.05, 0.1) is 12.6 Å².